The largest absolute Gasteiger partial charge is 0.281 e. The molecule has 0 saturated heterocycles. The highest BCUT2D eigenvalue weighted by Crippen LogP contribution is 2.33. The lowest BCUT2D eigenvalue weighted by atomic mass is 10.2. The Labute approximate surface area is 106 Å². The number of sulfonamides is 1. The van der Waals surface area contributed by atoms with Gasteiger partial charge in [0.25, 0.3) is 0 Å². The molecule has 1 aromatic carbocycles. The van der Waals surface area contributed by atoms with Crippen LogP contribution in [0.15, 0.2) is 12.1 Å². The number of benzene rings is 1. The van der Waals surface area contributed by atoms with Crippen molar-refractivity contribution in [3.05, 3.63) is 27.7 Å². The molecule has 1 N–H and O–H groups in total. The first-order valence-electron chi connectivity index (χ1n) is 4.82. The van der Waals surface area contributed by atoms with Crippen molar-refractivity contribution in [1.29, 1.82) is 0 Å². The van der Waals surface area contributed by atoms with Gasteiger partial charge in [-0.25, -0.2) is 8.42 Å². The summed E-state index contributed by atoms with van der Waals surface area (Å²) in [5.41, 5.74) is 1.04. The van der Waals surface area contributed by atoms with E-state index >= 15 is 0 Å². The number of anilines is 1. The maximum atomic E-state index is 11.6. The minimum Gasteiger partial charge on any atom is -0.281 e. The molecule has 0 amide bonds. The third kappa shape index (κ3) is 3.27. The number of hydrogen-bond donors (Lipinski definition) is 1. The summed E-state index contributed by atoms with van der Waals surface area (Å²) in [6, 6.07) is 3.36. The highest BCUT2D eigenvalue weighted by molar-refractivity contribution is 7.92. The average molecular weight is 282 g/mol. The molecule has 0 radical (unpaired) electrons. The second-order valence-corrected chi connectivity index (χ2v) is 6.10. The maximum absolute atomic E-state index is 11.6. The smallest absolute Gasteiger partial charge is 0.232 e. The van der Waals surface area contributed by atoms with Crippen LogP contribution in [0.1, 0.15) is 18.9 Å². The van der Waals surface area contributed by atoms with Gasteiger partial charge >= 0.3 is 0 Å². The van der Waals surface area contributed by atoms with Crippen molar-refractivity contribution in [1.82, 2.24) is 0 Å². The first kappa shape index (κ1) is 13.6. The van der Waals surface area contributed by atoms with Crippen molar-refractivity contribution in [2.24, 2.45) is 0 Å². The molecule has 90 valence electrons. The molecular formula is C10H13Cl2NO2S. The van der Waals surface area contributed by atoms with E-state index in [0.717, 1.165) is 5.56 Å². The molecule has 6 heteroatoms. The van der Waals surface area contributed by atoms with Gasteiger partial charge in [0.15, 0.2) is 0 Å². The van der Waals surface area contributed by atoms with Crippen LogP contribution in [-0.2, 0) is 10.0 Å². The summed E-state index contributed by atoms with van der Waals surface area (Å²) in [5.74, 6) is 0.0492. The van der Waals surface area contributed by atoms with Crippen molar-refractivity contribution in [3.8, 4) is 0 Å². The minimum absolute atomic E-state index is 0.0492. The molecule has 0 atom stereocenters. The Hall–Kier alpha value is -0.450. The summed E-state index contributed by atoms with van der Waals surface area (Å²) >= 11 is 11.9. The molecule has 0 aliphatic carbocycles. The molecule has 0 saturated carbocycles. The number of aryl methyl sites for hydroxylation is 1. The topological polar surface area (TPSA) is 46.2 Å². The van der Waals surface area contributed by atoms with Gasteiger partial charge in [-0.15, -0.1) is 0 Å². The SMILES string of the molecule is CCCS(=O)(=O)Nc1c(Cl)ccc(C)c1Cl. The molecule has 3 nitrogen and oxygen atoms in total. The standard InChI is InChI=1S/C10H13Cl2NO2S/c1-3-6-16(14,15)13-10-8(11)5-4-7(2)9(10)12/h4-5,13H,3,6H2,1-2H3. The van der Waals surface area contributed by atoms with Crippen LogP contribution in [0.25, 0.3) is 0 Å². The van der Waals surface area contributed by atoms with E-state index in [4.69, 9.17) is 23.2 Å². The predicted octanol–water partition coefficient (Wildman–Crippen LogP) is 3.45. The van der Waals surface area contributed by atoms with Gasteiger partial charge < -0.3 is 0 Å². The monoisotopic (exact) mass is 281 g/mol. The van der Waals surface area contributed by atoms with E-state index in [0.29, 0.717) is 16.5 Å². The summed E-state index contributed by atoms with van der Waals surface area (Å²) in [6.07, 6.45) is 0.538. The first-order valence-corrected chi connectivity index (χ1v) is 7.23. The van der Waals surface area contributed by atoms with Crippen molar-refractivity contribution in [3.63, 3.8) is 0 Å². The van der Waals surface area contributed by atoms with Crippen LogP contribution in [0.3, 0.4) is 0 Å². The number of hydrogen-bond acceptors (Lipinski definition) is 2. The summed E-state index contributed by atoms with van der Waals surface area (Å²) < 4.78 is 25.6. The van der Waals surface area contributed by atoms with Crippen molar-refractivity contribution >= 4 is 38.9 Å². The van der Waals surface area contributed by atoms with Gasteiger partial charge in [-0.2, -0.15) is 0 Å². The molecule has 0 aromatic heterocycles. The predicted molar refractivity (Wildman–Crippen MR) is 68.9 cm³/mol. The Kier molecular flexibility index (Phi) is 4.47. The Morgan fingerprint density at radius 1 is 1.31 bits per heavy atom. The quantitative estimate of drug-likeness (QED) is 0.919. The zero-order chi connectivity index (χ0) is 12.3. The van der Waals surface area contributed by atoms with Gasteiger partial charge in [-0.05, 0) is 25.0 Å². The van der Waals surface area contributed by atoms with Crippen LogP contribution < -0.4 is 4.72 Å². The van der Waals surface area contributed by atoms with E-state index in [1.807, 2.05) is 0 Å². The van der Waals surface area contributed by atoms with Gasteiger partial charge in [0.1, 0.15) is 0 Å². The first-order chi connectivity index (χ1) is 7.37. The molecule has 0 spiro atoms. The van der Waals surface area contributed by atoms with Crippen LogP contribution in [0, 0.1) is 6.92 Å². The Morgan fingerprint density at radius 2 is 1.94 bits per heavy atom. The lowest BCUT2D eigenvalue weighted by molar-refractivity contribution is 0.600. The molecule has 1 aromatic rings. The summed E-state index contributed by atoms with van der Waals surface area (Å²) in [7, 11) is -3.37. The van der Waals surface area contributed by atoms with Gasteiger partial charge in [-0.1, -0.05) is 36.2 Å². The van der Waals surface area contributed by atoms with Gasteiger partial charge in [0.2, 0.25) is 10.0 Å². The van der Waals surface area contributed by atoms with E-state index in [2.05, 4.69) is 4.72 Å². The second kappa shape index (κ2) is 5.25. The van der Waals surface area contributed by atoms with Gasteiger partial charge in [0.05, 0.1) is 21.5 Å². The fourth-order valence-electron chi connectivity index (χ4n) is 1.23. The summed E-state index contributed by atoms with van der Waals surface area (Å²) in [6.45, 7) is 3.58. The zero-order valence-corrected chi connectivity index (χ0v) is 11.4. The maximum Gasteiger partial charge on any atom is 0.232 e. The van der Waals surface area contributed by atoms with E-state index in [9.17, 15) is 8.42 Å². The Balaban J connectivity index is 3.11. The van der Waals surface area contributed by atoms with E-state index < -0.39 is 10.0 Å². The molecular weight excluding hydrogens is 269 g/mol. The molecule has 0 fully saturated rings. The van der Waals surface area contributed by atoms with Crippen LogP contribution in [0.4, 0.5) is 5.69 Å². The summed E-state index contributed by atoms with van der Waals surface area (Å²) in [4.78, 5) is 0. The fraction of sp³-hybridized carbons (Fsp3) is 0.400. The normalized spacial score (nSPS) is 11.5. The van der Waals surface area contributed by atoms with Crippen molar-refractivity contribution in [2.45, 2.75) is 20.3 Å². The number of halogens is 2. The van der Waals surface area contributed by atoms with Crippen LogP contribution in [0.5, 0.6) is 0 Å². The molecule has 0 aliphatic rings. The molecule has 0 unspecified atom stereocenters. The Bertz CT molecular complexity index is 486. The third-order valence-electron chi connectivity index (χ3n) is 2.01. The van der Waals surface area contributed by atoms with Gasteiger partial charge in [0, 0.05) is 0 Å². The fourth-order valence-corrected chi connectivity index (χ4v) is 2.97. The molecule has 0 bridgehead atoms. The second-order valence-electron chi connectivity index (χ2n) is 3.47. The molecule has 16 heavy (non-hydrogen) atoms. The van der Waals surface area contributed by atoms with Gasteiger partial charge in [-0.3, -0.25) is 4.72 Å². The number of nitrogens with one attached hydrogen (secondary N) is 1. The van der Waals surface area contributed by atoms with Crippen molar-refractivity contribution < 1.29 is 8.42 Å². The van der Waals surface area contributed by atoms with Crippen LogP contribution >= 0.6 is 23.2 Å². The molecule has 0 heterocycles. The van der Waals surface area contributed by atoms with Crippen LogP contribution in [0.2, 0.25) is 10.0 Å². The van der Waals surface area contributed by atoms with E-state index in [1.54, 1.807) is 26.0 Å². The van der Waals surface area contributed by atoms with Crippen LogP contribution in [-0.4, -0.2) is 14.2 Å². The van der Waals surface area contributed by atoms with E-state index in [-0.39, 0.29) is 11.4 Å². The average Bonchev–Trinajstić information content (AvgIpc) is 2.19. The highest BCUT2D eigenvalue weighted by atomic mass is 35.5. The minimum atomic E-state index is -3.37. The molecule has 1 rings (SSSR count). The lowest BCUT2D eigenvalue weighted by Crippen LogP contribution is -2.16. The summed E-state index contributed by atoms with van der Waals surface area (Å²) in [5, 5.41) is 0.641. The van der Waals surface area contributed by atoms with E-state index in [1.165, 1.54) is 0 Å². The molecule has 0 aliphatic heterocycles. The number of rotatable bonds is 4. The third-order valence-corrected chi connectivity index (χ3v) is 4.28. The Morgan fingerprint density at radius 3 is 2.50 bits per heavy atom. The highest BCUT2D eigenvalue weighted by Gasteiger charge is 2.15. The zero-order valence-electron chi connectivity index (χ0n) is 9.05. The lowest BCUT2D eigenvalue weighted by Gasteiger charge is -2.12. The van der Waals surface area contributed by atoms with Crippen molar-refractivity contribution in [2.75, 3.05) is 10.5 Å².